The van der Waals surface area contributed by atoms with Crippen molar-refractivity contribution in [1.82, 2.24) is 10.3 Å². The number of nitrogens with one attached hydrogen (secondary N) is 1. The molecule has 6 heteroatoms. The SMILES string of the molecule is CCCNCc1coc(Oc2ccc(F)cc2Br)n1. The lowest BCUT2D eigenvalue weighted by Crippen LogP contribution is -2.13. The summed E-state index contributed by atoms with van der Waals surface area (Å²) >= 11 is 3.22. The van der Waals surface area contributed by atoms with E-state index < -0.39 is 0 Å². The minimum atomic E-state index is -0.337. The highest BCUT2D eigenvalue weighted by Crippen LogP contribution is 2.29. The van der Waals surface area contributed by atoms with E-state index in [0.29, 0.717) is 16.8 Å². The third-order valence-corrected chi connectivity index (χ3v) is 2.97. The summed E-state index contributed by atoms with van der Waals surface area (Å²) in [4.78, 5) is 4.17. The number of halogens is 2. The van der Waals surface area contributed by atoms with Gasteiger partial charge in [-0.25, -0.2) is 4.39 Å². The molecule has 19 heavy (non-hydrogen) atoms. The number of benzene rings is 1. The largest absolute Gasteiger partial charge is 0.417 e. The van der Waals surface area contributed by atoms with E-state index in [-0.39, 0.29) is 11.9 Å². The summed E-state index contributed by atoms with van der Waals surface area (Å²) in [5.41, 5.74) is 0.765. The zero-order valence-corrected chi connectivity index (χ0v) is 12.0. The highest BCUT2D eigenvalue weighted by molar-refractivity contribution is 9.10. The van der Waals surface area contributed by atoms with Gasteiger partial charge in [-0.05, 0) is 47.1 Å². The number of oxazole rings is 1. The van der Waals surface area contributed by atoms with Crippen LogP contribution in [0.1, 0.15) is 19.0 Å². The maximum absolute atomic E-state index is 12.9. The molecule has 0 aliphatic carbocycles. The topological polar surface area (TPSA) is 47.3 Å². The van der Waals surface area contributed by atoms with Crippen LogP contribution in [-0.4, -0.2) is 11.5 Å². The highest BCUT2D eigenvalue weighted by Gasteiger charge is 2.09. The zero-order chi connectivity index (χ0) is 13.7. The van der Waals surface area contributed by atoms with Gasteiger partial charge in [-0.2, -0.15) is 4.98 Å². The first kappa shape index (κ1) is 14.0. The Labute approximate surface area is 119 Å². The predicted molar refractivity (Wildman–Crippen MR) is 72.7 cm³/mol. The summed E-state index contributed by atoms with van der Waals surface area (Å²) in [6.07, 6.45) is 2.74. The van der Waals surface area contributed by atoms with E-state index in [4.69, 9.17) is 9.15 Å². The fourth-order valence-corrected chi connectivity index (χ4v) is 1.89. The Morgan fingerprint density at radius 2 is 2.32 bits per heavy atom. The quantitative estimate of drug-likeness (QED) is 0.818. The molecule has 0 saturated heterocycles. The molecular formula is C13H14BrFN2O2. The number of hydrogen-bond donors (Lipinski definition) is 1. The number of hydrogen-bond acceptors (Lipinski definition) is 4. The van der Waals surface area contributed by atoms with E-state index in [1.54, 1.807) is 0 Å². The van der Waals surface area contributed by atoms with Gasteiger partial charge in [0.1, 0.15) is 17.8 Å². The molecule has 0 aliphatic rings. The molecule has 0 aliphatic heterocycles. The van der Waals surface area contributed by atoms with Crippen LogP contribution in [0, 0.1) is 5.82 Å². The molecule has 0 atom stereocenters. The fourth-order valence-electron chi connectivity index (χ4n) is 1.46. The Kier molecular flexibility index (Phi) is 4.93. The lowest BCUT2D eigenvalue weighted by Gasteiger charge is -2.02. The van der Waals surface area contributed by atoms with Crippen molar-refractivity contribution in [2.45, 2.75) is 19.9 Å². The van der Waals surface area contributed by atoms with Crippen LogP contribution in [0.15, 0.2) is 33.4 Å². The standard InChI is InChI=1S/C13H14BrFN2O2/c1-2-5-16-7-10-8-18-13(17-10)19-12-4-3-9(15)6-11(12)14/h3-4,6,8,16H,2,5,7H2,1H3. The lowest BCUT2D eigenvalue weighted by atomic mass is 10.3. The molecule has 2 aromatic rings. The molecule has 1 aromatic heterocycles. The Balaban J connectivity index is 1.99. The van der Waals surface area contributed by atoms with Gasteiger partial charge in [0.2, 0.25) is 0 Å². The third-order valence-electron chi connectivity index (χ3n) is 2.35. The number of rotatable bonds is 6. The molecule has 0 bridgehead atoms. The fraction of sp³-hybridized carbons (Fsp3) is 0.308. The van der Waals surface area contributed by atoms with E-state index in [1.165, 1.54) is 24.5 Å². The van der Waals surface area contributed by atoms with E-state index >= 15 is 0 Å². The summed E-state index contributed by atoms with van der Waals surface area (Å²) in [7, 11) is 0. The van der Waals surface area contributed by atoms with Crippen LogP contribution < -0.4 is 10.1 Å². The van der Waals surface area contributed by atoms with Crippen LogP contribution in [0.5, 0.6) is 11.8 Å². The smallest absolute Gasteiger partial charge is 0.399 e. The first-order chi connectivity index (χ1) is 9.19. The van der Waals surface area contributed by atoms with Crippen molar-refractivity contribution in [3.63, 3.8) is 0 Å². The molecule has 4 nitrogen and oxygen atoms in total. The maximum Gasteiger partial charge on any atom is 0.399 e. The van der Waals surface area contributed by atoms with E-state index in [2.05, 4.69) is 33.2 Å². The molecule has 102 valence electrons. The second-order valence-corrected chi connectivity index (χ2v) is 4.81. The summed E-state index contributed by atoms with van der Waals surface area (Å²) < 4.78 is 24.1. The van der Waals surface area contributed by atoms with Crippen molar-refractivity contribution in [3.8, 4) is 11.8 Å². The van der Waals surface area contributed by atoms with Gasteiger partial charge in [-0.1, -0.05) is 6.92 Å². The Hall–Kier alpha value is -1.40. The van der Waals surface area contributed by atoms with Gasteiger partial charge >= 0.3 is 6.08 Å². The van der Waals surface area contributed by atoms with Gasteiger partial charge in [0.15, 0.2) is 0 Å². The van der Waals surface area contributed by atoms with Gasteiger partial charge in [-0.15, -0.1) is 0 Å². The second kappa shape index (κ2) is 6.68. The molecule has 0 amide bonds. The molecule has 1 N–H and O–H groups in total. The average molecular weight is 329 g/mol. The maximum atomic E-state index is 12.9. The molecule has 0 radical (unpaired) electrons. The Morgan fingerprint density at radius 1 is 1.47 bits per heavy atom. The minimum Gasteiger partial charge on any atom is -0.417 e. The average Bonchev–Trinajstić information content (AvgIpc) is 2.81. The van der Waals surface area contributed by atoms with Crippen molar-refractivity contribution < 1.29 is 13.5 Å². The van der Waals surface area contributed by atoms with E-state index in [9.17, 15) is 4.39 Å². The normalized spacial score (nSPS) is 10.7. The summed E-state index contributed by atoms with van der Waals surface area (Å²) in [5.74, 6) is 0.118. The lowest BCUT2D eigenvalue weighted by molar-refractivity contribution is 0.329. The molecule has 1 heterocycles. The molecule has 0 spiro atoms. The molecule has 0 fully saturated rings. The van der Waals surface area contributed by atoms with Gasteiger partial charge < -0.3 is 14.5 Å². The molecule has 0 unspecified atom stereocenters. The predicted octanol–water partition coefficient (Wildman–Crippen LogP) is 3.87. The number of aromatic nitrogens is 1. The molecule has 1 aromatic carbocycles. The van der Waals surface area contributed by atoms with Gasteiger partial charge in [0, 0.05) is 6.54 Å². The third kappa shape index (κ3) is 4.04. The molecule has 2 rings (SSSR count). The summed E-state index contributed by atoms with van der Waals surface area (Å²) in [5, 5.41) is 3.21. The van der Waals surface area contributed by atoms with Crippen LogP contribution in [0.3, 0.4) is 0 Å². The van der Waals surface area contributed by atoms with Crippen LogP contribution in [0.4, 0.5) is 4.39 Å². The summed E-state index contributed by atoms with van der Waals surface area (Å²) in [6, 6.07) is 4.15. The molecular weight excluding hydrogens is 315 g/mol. The Morgan fingerprint density at radius 3 is 3.05 bits per heavy atom. The van der Waals surface area contributed by atoms with Crippen molar-refractivity contribution in [3.05, 3.63) is 40.4 Å². The Bertz CT molecular complexity index is 545. The van der Waals surface area contributed by atoms with Gasteiger partial charge in [-0.3, -0.25) is 0 Å². The van der Waals surface area contributed by atoms with Crippen molar-refractivity contribution in [2.24, 2.45) is 0 Å². The zero-order valence-electron chi connectivity index (χ0n) is 10.5. The highest BCUT2D eigenvalue weighted by atomic mass is 79.9. The van der Waals surface area contributed by atoms with Crippen molar-refractivity contribution in [1.29, 1.82) is 0 Å². The second-order valence-electron chi connectivity index (χ2n) is 3.96. The van der Waals surface area contributed by atoms with E-state index in [1.807, 2.05) is 0 Å². The molecule has 0 saturated carbocycles. The monoisotopic (exact) mass is 328 g/mol. The van der Waals surface area contributed by atoms with Crippen molar-refractivity contribution in [2.75, 3.05) is 6.54 Å². The van der Waals surface area contributed by atoms with Crippen LogP contribution in [0.25, 0.3) is 0 Å². The van der Waals surface area contributed by atoms with Crippen LogP contribution in [-0.2, 0) is 6.54 Å². The number of ether oxygens (including phenoxy) is 1. The number of nitrogens with zero attached hydrogens (tertiary/aromatic N) is 1. The summed E-state index contributed by atoms with van der Waals surface area (Å²) in [6.45, 7) is 3.65. The first-order valence-electron chi connectivity index (χ1n) is 5.97. The van der Waals surface area contributed by atoms with Crippen molar-refractivity contribution >= 4 is 15.9 Å². The van der Waals surface area contributed by atoms with Gasteiger partial charge in [0.05, 0.1) is 10.2 Å². The first-order valence-corrected chi connectivity index (χ1v) is 6.76. The van der Waals surface area contributed by atoms with E-state index in [0.717, 1.165) is 18.7 Å². The van der Waals surface area contributed by atoms with Crippen LogP contribution in [0.2, 0.25) is 0 Å². The minimum absolute atomic E-state index is 0.139. The van der Waals surface area contributed by atoms with Crippen LogP contribution >= 0.6 is 15.9 Å². The van der Waals surface area contributed by atoms with Gasteiger partial charge in [0.25, 0.3) is 0 Å².